The van der Waals surface area contributed by atoms with Crippen molar-refractivity contribution in [2.24, 2.45) is 0 Å². The van der Waals surface area contributed by atoms with E-state index in [9.17, 15) is 19.7 Å². The number of anilines is 1. The van der Waals surface area contributed by atoms with Crippen LogP contribution in [0.15, 0.2) is 84.6 Å². The second-order valence-corrected chi connectivity index (χ2v) is 7.47. The lowest BCUT2D eigenvalue weighted by Crippen LogP contribution is -2.34. The minimum atomic E-state index is -0.534. The van der Waals surface area contributed by atoms with Crippen molar-refractivity contribution in [3.8, 4) is 6.07 Å². The van der Waals surface area contributed by atoms with E-state index in [0.717, 1.165) is 10.5 Å². The van der Waals surface area contributed by atoms with Gasteiger partial charge in [0.2, 0.25) is 0 Å². The SMILES string of the molecule is CN(Cc1ccccc1)C1=C(c2ccc([N+](=O)[O-])cc2)C(=O)N(c2ccc(C#N)cc2)C1=O. The quantitative estimate of drug-likeness (QED) is 0.328. The molecule has 0 unspecified atom stereocenters. The average molecular weight is 438 g/mol. The molecular weight excluding hydrogens is 420 g/mol. The zero-order valence-corrected chi connectivity index (χ0v) is 17.6. The smallest absolute Gasteiger partial charge is 0.282 e. The van der Waals surface area contributed by atoms with Crippen LogP contribution in [0.3, 0.4) is 0 Å². The summed E-state index contributed by atoms with van der Waals surface area (Å²) in [6.07, 6.45) is 0. The fourth-order valence-electron chi connectivity index (χ4n) is 3.74. The molecule has 0 aliphatic carbocycles. The standard InChI is InChI=1S/C25H18N4O4/c1-27(16-18-5-3-2-4-6-18)23-22(19-9-13-21(14-10-19)29(32)33)24(30)28(25(23)31)20-11-7-17(15-26)8-12-20/h2-14H,16H2,1H3. The second-order valence-electron chi connectivity index (χ2n) is 7.47. The van der Waals surface area contributed by atoms with Crippen LogP contribution in [0.4, 0.5) is 11.4 Å². The maximum absolute atomic E-state index is 13.5. The molecule has 162 valence electrons. The van der Waals surface area contributed by atoms with Crippen LogP contribution in [0.25, 0.3) is 5.57 Å². The van der Waals surface area contributed by atoms with Crippen molar-refractivity contribution in [3.05, 3.63) is 111 Å². The number of non-ortho nitro benzene ring substituents is 1. The number of carbonyl (C=O) groups is 2. The summed E-state index contributed by atoms with van der Waals surface area (Å²) in [5.41, 5.74) is 2.35. The third-order valence-electron chi connectivity index (χ3n) is 5.33. The highest BCUT2D eigenvalue weighted by Crippen LogP contribution is 2.35. The summed E-state index contributed by atoms with van der Waals surface area (Å²) in [4.78, 5) is 40.3. The largest absolute Gasteiger partial charge is 0.365 e. The van der Waals surface area contributed by atoms with Gasteiger partial charge in [-0.1, -0.05) is 30.3 Å². The Bertz CT molecular complexity index is 1310. The number of amides is 2. The van der Waals surface area contributed by atoms with E-state index in [1.54, 1.807) is 24.1 Å². The van der Waals surface area contributed by atoms with Crippen LogP contribution in [-0.2, 0) is 16.1 Å². The van der Waals surface area contributed by atoms with Crippen molar-refractivity contribution in [3.63, 3.8) is 0 Å². The number of rotatable bonds is 6. The Morgan fingerprint density at radius 3 is 2.15 bits per heavy atom. The normalized spacial score (nSPS) is 13.3. The summed E-state index contributed by atoms with van der Waals surface area (Å²) < 4.78 is 0. The van der Waals surface area contributed by atoms with Crippen LogP contribution >= 0.6 is 0 Å². The number of likely N-dealkylation sites (N-methyl/N-ethyl adjacent to an activating group) is 1. The predicted molar refractivity (Wildman–Crippen MR) is 122 cm³/mol. The van der Waals surface area contributed by atoms with Gasteiger partial charge in [-0.25, -0.2) is 4.90 Å². The number of nitriles is 1. The van der Waals surface area contributed by atoms with Gasteiger partial charge >= 0.3 is 0 Å². The fraction of sp³-hybridized carbons (Fsp3) is 0.0800. The number of carbonyl (C=O) groups excluding carboxylic acids is 2. The summed E-state index contributed by atoms with van der Waals surface area (Å²) >= 11 is 0. The van der Waals surface area contributed by atoms with Crippen molar-refractivity contribution in [2.45, 2.75) is 6.54 Å². The molecule has 0 aromatic heterocycles. The first-order valence-electron chi connectivity index (χ1n) is 10.0. The minimum Gasteiger partial charge on any atom is -0.365 e. The zero-order chi connectivity index (χ0) is 23.5. The van der Waals surface area contributed by atoms with E-state index in [-0.39, 0.29) is 17.0 Å². The molecule has 0 radical (unpaired) electrons. The molecule has 33 heavy (non-hydrogen) atoms. The number of benzene rings is 3. The Labute approximate surface area is 189 Å². The molecule has 2 amide bonds. The van der Waals surface area contributed by atoms with Gasteiger partial charge in [-0.2, -0.15) is 5.26 Å². The van der Waals surface area contributed by atoms with Crippen molar-refractivity contribution < 1.29 is 14.5 Å². The van der Waals surface area contributed by atoms with Gasteiger partial charge in [0, 0.05) is 25.7 Å². The Hall–Kier alpha value is -4.77. The molecule has 0 fully saturated rings. The highest BCUT2D eigenvalue weighted by Gasteiger charge is 2.41. The predicted octanol–water partition coefficient (Wildman–Crippen LogP) is 3.88. The molecule has 1 aliphatic rings. The van der Waals surface area contributed by atoms with Crippen LogP contribution in [0, 0.1) is 21.4 Å². The second kappa shape index (κ2) is 8.77. The van der Waals surface area contributed by atoms with E-state index in [2.05, 4.69) is 0 Å². The Morgan fingerprint density at radius 1 is 0.939 bits per heavy atom. The fourth-order valence-corrected chi connectivity index (χ4v) is 3.74. The summed E-state index contributed by atoms with van der Waals surface area (Å²) in [6.45, 7) is 0.382. The van der Waals surface area contributed by atoms with Crippen molar-refractivity contribution in [1.82, 2.24) is 4.90 Å². The van der Waals surface area contributed by atoms with Crippen molar-refractivity contribution in [1.29, 1.82) is 5.26 Å². The number of imide groups is 1. The van der Waals surface area contributed by atoms with E-state index in [1.165, 1.54) is 36.4 Å². The highest BCUT2D eigenvalue weighted by atomic mass is 16.6. The summed E-state index contributed by atoms with van der Waals surface area (Å²) in [5, 5.41) is 20.1. The first-order chi connectivity index (χ1) is 15.9. The topological polar surface area (TPSA) is 108 Å². The first-order valence-corrected chi connectivity index (χ1v) is 10.0. The molecule has 0 saturated heterocycles. The summed E-state index contributed by atoms with van der Waals surface area (Å²) in [5.74, 6) is -1.04. The van der Waals surface area contributed by atoms with Crippen LogP contribution in [0.2, 0.25) is 0 Å². The Morgan fingerprint density at radius 2 is 1.58 bits per heavy atom. The molecule has 8 nitrogen and oxygen atoms in total. The van der Waals surface area contributed by atoms with Crippen LogP contribution in [0.1, 0.15) is 16.7 Å². The van der Waals surface area contributed by atoms with Gasteiger partial charge in [0.25, 0.3) is 17.5 Å². The van der Waals surface area contributed by atoms with Gasteiger partial charge in [-0.05, 0) is 47.5 Å². The maximum Gasteiger partial charge on any atom is 0.282 e. The van der Waals surface area contributed by atoms with E-state index in [0.29, 0.717) is 23.4 Å². The number of nitro groups is 1. The van der Waals surface area contributed by atoms with E-state index in [4.69, 9.17) is 5.26 Å². The van der Waals surface area contributed by atoms with Gasteiger partial charge < -0.3 is 4.90 Å². The van der Waals surface area contributed by atoms with Gasteiger partial charge in [0.1, 0.15) is 5.70 Å². The number of nitrogens with zero attached hydrogens (tertiary/aromatic N) is 4. The average Bonchev–Trinajstić information content (AvgIpc) is 3.09. The molecule has 4 rings (SSSR count). The molecule has 0 atom stereocenters. The van der Waals surface area contributed by atoms with E-state index in [1.807, 2.05) is 36.4 Å². The molecule has 0 spiro atoms. The summed E-state index contributed by atoms with van der Waals surface area (Å²) in [6, 6.07) is 23.2. The van der Waals surface area contributed by atoms with E-state index >= 15 is 0 Å². The molecule has 0 bridgehead atoms. The van der Waals surface area contributed by atoms with Crippen molar-refractivity contribution >= 4 is 28.8 Å². The Balaban J connectivity index is 1.79. The lowest BCUT2D eigenvalue weighted by molar-refractivity contribution is -0.384. The van der Waals surface area contributed by atoms with Crippen LogP contribution < -0.4 is 4.90 Å². The van der Waals surface area contributed by atoms with Crippen LogP contribution in [0.5, 0.6) is 0 Å². The van der Waals surface area contributed by atoms with Gasteiger partial charge in [0.05, 0.1) is 27.8 Å². The molecular formula is C25H18N4O4. The number of hydrogen-bond acceptors (Lipinski definition) is 6. The Kier molecular flexibility index (Phi) is 5.70. The molecule has 0 N–H and O–H groups in total. The van der Waals surface area contributed by atoms with Crippen molar-refractivity contribution in [2.75, 3.05) is 11.9 Å². The monoisotopic (exact) mass is 438 g/mol. The van der Waals surface area contributed by atoms with Gasteiger partial charge in [0.15, 0.2) is 0 Å². The molecule has 1 heterocycles. The van der Waals surface area contributed by atoms with Crippen LogP contribution in [-0.4, -0.2) is 28.7 Å². The van der Waals surface area contributed by atoms with Gasteiger partial charge in [-0.15, -0.1) is 0 Å². The molecule has 0 saturated carbocycles. The minimum absolute atomic E-state index is 0.112. The van der Waals surface area contributed by atoms with Gasteiger partial charge in [-0.3, -0.25) is 19.7 Å². The third kappa shape index (κ3) is 4.07. The number of nitro benzene ring substituents is 1. The lowest BCUT2D eigenvalue weighted by Gasteiger charge is -2.21. The van der Waals surface area contributed by atoms with E-state index < -0.39 is 16.7 Å². The molecule has 3 aromatic carbocycles. The third-order valence-corrected chi connectivity index (χ3v) is 5.33. The molecule has 3 aromatic rings. The molecule has 1 aliphatic heterocycles. The lowest BCUT2D eigenvalue weighted by atomic mass is 10.0. The molecule has 8 heteroatoms. The first kappa shape index (κ1) is 21.5. The zero-order valence-electron chi connectivity index (χ0n) is 17.6. The number of hydrogen-bond donors (Lipinski definition) is 0. The highest BCUT2D eigenvalue weighted by molar-refractivity contribution is 6.45. The summed E-state index contributed by atoms with van der Waals surface area (Å²) in [7, 11) is 1.72. The maximum atomic E-state index is 13.5.